The van der Waals surface area contributed by atoms with E-state index in [-0.39, 0.29) is 0 Å². The second kappa shape index (κ2) is 2.94. The molecule has 3 atom stereocenters. The first-order valence-electron chi connectivity index (χ1n) is 5.38. The summed E-state index contributed by atoms with van der Waals surface area (Å²) in [6.07, 6.45) is 7.85. The molecule has 0 bridgehead atoms. The predicted molar refractivity (Wildman–Crippen MR) is 55.0 cm³/mol. The third kappa shape index (κ3) is 1.37. The summed E-state index contributed by atoms with van der Waals surface area (Å²) in [5.74, 6) is 2.73. The summed E-state index contributed by atoms with van der Waals surface area (Å²) >= 11 is 0. The number of aryl methyl sites for hydroxylation is 1. The average Bonchev–Trinajstić information content (AvgIpc) is 2.88. The summed E-state index contributed by atoms with van der Waals surface area (Å²) in [5, 5.41) is 3.44. The zero-order valence-electron chi connectivity index (χ0n) is 8.40. The van der Waals surface area contributed by atoms with Crippen molar-refractivity contribution in [3.05, 3.63) is 18.0 Å². The Kier molecular flexibility index (Phi) is 1.72. The fourth-order valence-corrected chi connectivity index (χ4v) is 2.52. The molecule has 74 valence electrons. The molecule has 1 heterocycles. The lowest BCUT2D eigenvalue weighted by molar-refractivity contribution is 0.648. The lowest BCUT2D eigenvalue weighted by atomic mass is 10.2. The van der Waals surface area contributed by atoms with Crippen LogP contribution in [0.4, 0.5) is 5.95 Å². The summed E-state index contributed by atoms with van der Waals surface area (Å²) < 4.78 is 0. The monoisotopic (exact) mass is 189 g/mol. The standard InChI is InChI=1S/C11H15N3/c1-7-5-12-11(13-6-7)14-10-3-2-8-4-9(8)10/h5-6,8-10H,2-4H2,1H3,(H,12,13,14). The molecule has 1 N–H and O–H groups in total. The van der Waals surface area contributed by atoms with Gasteiger partial charge >= 0.3 is 0 Å². The lowest BCUT2D eigenvalue weighted by Gasteiger charge is -2.13. The highest BCUT2D eigenvalue weighted by Gasteiger charge is 2.48. The topological polar surface area (TPSA) is 37.8 Å². The van der Waals surface area contributed by atoms with E-state index < -0.39 is 0 Å². The van der Waals surface area contributed by atoms with Gasteiger partial charge in [0.05, 0.1) is 0 Å². The Bertz CT molecular complexity index is 333. The summed E-state index contributed by atoms with van der Waals surface area (Å²) in [4.78, 5) is 8.54. The summed E-state index contributed by atoms with van der Waals surface area (Å²) in [6.45, 7) is 2.01. The maximum atomic E-state index is 4.27. The number of nitrogens with one attached hydrogen (secondary N) is 1. The maximum absolute atomic E-state index is 4.27. The average molecular weight is 189 g/mol. The van der Waals surface area contributed by atoms with Crippen LogP contribution in [0, 0.1) is 18.8 Å². The highest BCUT2D eigenvalue weighted by molar-refractivity contribution is 5.28. The third-order valence-corrected chi connectivity index (χ3v) is 3.44. The van der Waals surface area contributed by atoms with Crippen molar-refractivity contribution in [1.29, 1.82) is 0 Å². The summed E-state index contributed by atoms with van der Waals surface area (Å²) in [5.41, 5.74) is 1.12. The largest absolute Gasteiger partial charge is 0.351 e. The van der Waals surface area contributed by atoms with Gasteiger partial charge in [0.1, 0.15) is 0 Å². The number of hydrogen-bond acceptors (Lipinski definition) is 3. The lowest BCUT2D eigenvalue weighted by Crippen LogP contribution is -2.20. The van der Waals surface area contributed by atoms with Gasteiger partial charge in [-0.3, -0.25) is 0 Å². The minimum atomic E-state index is 0.641. The van der Waals surface area contributed by atoms with E-state index in [0.717, 1.165) is 23.3 Å². The fraction of sp³-hybridized carbons (Fsp3) is 0.636. The Morgan fingerprint density at radius 3 is 2.64 bits per heavy atom. The van der Waals surface area contributed by atoms with E-state index >= 15 is 0 Å². The van der Waals surface area contributed by atoms with Crippen molar-refractivity contribution in [2.75, 3.05) is 5.32 Å². The Hall–Kier alpha value is -1.12. The van der Waals surface area contributed by atoms with Gasteiger partial charge in [0.2, 0.25) is 5.95 Å². The molecule has 2 aliphatic rings. The molecule has 0 aliphatic heterocycles. The Labute approximate surface area is 84.0 Å². The molecule has 0 radical (unpaired) electrons. The minimum absolute atomic E-state index is 0.641. The van der Waals surface area contributed by atoms with E-state index in [1.54, 1.807) is 0 Å². The smallest absolute Gasteiger partial charge is 0.222 e. The first-order chi connectivity index (χ1) is 6.83. The SMILES string of the molecule is Cc1cnc(NC2CCC3CC32)nc1. The van der Waals surface area contributed by atoms with Crippen molar-refractivity contribution in [3.8, 4) is 0 Å². The minimum Gasteiger partial charge on any atom is -0.351 e. The molecule has 3 rings (SSSR count). The molecule has 0 aromatic carbocycles. The van der Waals surface area contributed by atoms with Crippen molar-refractivity contribution in [3.63, 3.8) is 0 Å². The number of rotatable bonds is 2. The van der Waals surface area contributed by atoms with E-state index in [0.29, 0.717) is 6.04 Å². The molecule has 0 spiro atoms. The first kappa shape index (κ1) is 8.21. The van der Waals surface area contributed by atoms with E-state index in [9.17, 15) is 0 Å². The second-order valence-corrected chi connectivity index (χ2v) is 4.57. The number of fused-ring (bicyclic) bond motifs is 1. The molecule has 2 saturated carbocycles. The van der Waals surface area contributed by atoms with Crippen LogP contribution < -0.4 is 5.32 Å². The Balaban J connectivity index is 1.69. The Morgan fingerprint density at radius 2 is 2.07 bits per heavy atom. The number of aromatic nitrogens is 2. The van der Waals surface area contributed by atoms with Crippen molar-refractivity contribution < 1.29 is 0 Å². The van der Waals surface area contributed by atoms with Crippen molar-refractivity contribution in [2.45, 2.75) is 32.2 Å². The van der Waals surface area contributed by atoms with Crippen molar-refractivity contribution in [2.24, 2.45) is 11.8 Å². The molecule has 2 fully saturated rings. The normalized spacial score (nSPS) is 33.9. The van der Waals surface area contributed by atoms with Gasteiger partial charge < -0.3 is 5.32 Å². The van der Waals surface area contributed by atoms with Crippen LogP contribution in [0.15, 0.2) is 12.4 Å². The molecule has 3 heteroatoms. The molecular formula is C11H15N3. The van der Waals surface area contributed by atoms with Crippen LogP contribution in [0.5, 0.6) is 0 Å². The predicted octanol–water partition coefficient (Wildman–Crippen LogP) is 2.00. The first-order valence-corrected chi connectivity index (χ1v) is 5.38. The molecule has 14 heavy (non-hydrogen) atoms. The summed E-state index contributed by atoms with van der Waals surface area (Å²) in [6, 6.07) is 0.641. The van der Waals surface area contributed by atoms with E-state index in [1.807, 2.05) is 19.3 Å². The summed E-state index contributed by atoms with van der Waals surface area (Å²) in [7, 11) is 0. The van der Waals surface area contributed by atoms with Crippen LogP contribution in [0.25, 0.3) is 0 Å². The van der Waals surface area contributed by atoms with Gasteiger partial charge in [-0.1, -0.05) is 0 Å². The van der Waals surface area contributed by atoms with Crippen LogP contribution in [-0.2, 0) is 0 Å². The molecule has 0 amide bonds. The third-order valence-electron chi connectivity index (χ3n) is 3.44. The van der Waals surface area contributed by atoms with E-state index in [1.165, 1.54) is 19.3 Å². The zero-order chi connectivity index (χ0) is 9.54. The van der Waals surface area contributed by atoms with Gasteiger partial charge in [0.15, 0.2) is 0 Å². The Morgan fingerprint density at radius 1 is 1.29 bits per heavy atom. The highest BCUT2D eigenvalue weighted by atomic mass is 15.1. The van der Waals surface area contributed by atoms with Gasteiger partial charge in [-0.25, -0.2) is 9.97 Å². The van der Waals surface area contributed by atoms with E-state index in [2.05, 4.69) is 15.3 Å². The molecule has 2 aliphatic carbocycles. The van der Waals surface area contributed by atoms with Gasteiger partial charge in [-0.2, -0.15) is 0 Å². The fourth-order valence-electron chi connectivity index (χ4n) is 2.52. The van der Waals surface area contributed by atoms with E-state index in [4.69, 9.17) is 0 Å². The van der Waals surface area contributed by atoms with Crippen LogP contribution in [-0.4, -0.2) is 16.0 Å². The highest BCUT2D eigenvalue weighted by Crippen LogP contribution is 2.52. The number of nitrogens with zero attached hydrogens (tertiary/aromatic N) is 2. The second-order valence-electron chi connectivity index (χ2n) is 4.57. The molecule has 1 aromatic rings. The quantitative estimate of drug-likeness (QED) is 0.773. The zero-order valence-corrected chi connectivity index (χ0v) is 8.40. The maximum Gasteiger partial charge on any atom is 0.222 e. The molecule has 3 nitrogen and oxygen atoms in total. The van der Waals surface area contributed by atoms with Gasteiger partial charge in [-0.05, 0) is 43.6 Å². The van der Waals surface area contributed by atoms with Gasteiger partial charge in [0.25, 0.3) is 0 Å². The van der Waals surface area contributed by atoms with Gasteiger partial charge in [-0.15, -0.1) is 0 Å². The molecule has 0 saturated heterocycles. The van der Waals surface area contributed by atoms with Gasteiger partial charge in [0, 0.05) is 18.4 Å². The van der Waals surface area contributed by atoms with Crippen LogP contribution >= 0.6 is 0 Å². The molecule has 1 aromatic heterocycles. The van der Waals surface area contributed by atoms with Crippen molar-refractivity contribution >= 4 is 5.95 Å². The van der Waals surface area contributed by atoms with Crippen LogP contribution in [0.1, 0.15) is 24.8 Å². The van der Waals surface area contributed by atoms with Crippen LogP contribution in [0.2, 0.25) is 0 Å². The number of anilines is 1. The molecular weight excluding hydrogens is 174 g/mol. The number of hydrogen-bond donors (Lipinski definition) is 1. The van der Waals surface area contributed by atoms with Crippen molar-refractivity contribution in [1.82, 2.24) is 9.97 Å². The molecule has 3 unspecified atom stereocenters. The van der Waals surface area contributed by atoms with Crippen LogP contribution in [0.3, 0.4) is 0 Å².